The number of rotatable bonds is 5. The average Bonchev–Trinajstić information content (AvgIpc) is 2.56. The second-order valence-electron chi connectivity index (χ2n) is 5.60. The lowest BCUT2D eigenvalue weighted by molar-refractivity contribution is 0.812. The summed E-state index contributed by atoms with van der Waals surface area (Å²) in [7, 11) is 0. The van der Waals surface area contributed by atoms with Crippen LogP contribution in [0.4, 0.5) is 0 Å². The van der Waals surface area contributed by atoms with Crippen LogP contribution < -0.4 is 0 Å². The molecule has 0 spiro atoms. The Morgan fingerprint density at radius 3 is 1.27 bits per heavy atom. The van der Waals surface area contributed by atoms with Gasteiger partial charge in [0.15, 0.2) is 0 Å². The van der Waals surface area contributed by atoms with E-state index in [4.69, 9.17) is 9.98 Å². The number of hydrogen-bond donors (Lipinski definition) is 0. The van der Waals surface area contributed by atoms with Gasteiger partial charge >= 0.3 is 0 Å². The van der Waals surface area contributed by atoms with E-state index in [0.717, 1.165) is 11.4 Å². The zero-order valence-electron chi connectivity index (χ0n) is 13.8. The highest BCUT2D eigenvalue weighted by atomic mass is 14.8. The van der Waals surface area contributed by atoms with Gasteiger partial charge in [-0.3, -0.25) is 9.98 Å². The monoisotopic (exact) mass is 292 g/mol. The van der Waals surface area contributed by atoms with Crippen molar-refractivity contribution in [2.75, 3.05) is 0 Å². The molecule has 2 atom stereocenters. The summed E-state index contributed by atoms with van der Waals surface area (Å²) in [5.41, 5.74) is 4.45. The molecule has 0 bridgehead atoms. The van der Waals surface area contributed by atoms with Crippen LogP contribution in [0, 0.1) is 0 Å². The molecule has 0 aromatic heterocycles. The largest absolute Gasteiger partial charge is 0.280 e. The number of aliphatic imine (C=N–C) groups is 2. The fraction of sp³-hybridized carbons (Fsp3) is 0.300. The maximum Gasteiger partial charge on any atom is 0.0724 e. The quantitative estimate of drug-likeness (QED) is 0.656. The zero-order chi connectivity index (χ0) is 15.9. The Labute approximate surface area is 133 Å². The van der Waals surface area contributed by atoms with E-state index in [1.165, 1.54) is 11.1 Å². The van der Waals surface area contributed by atoms with Gasteiger partial charge in [0.05, 0.1) is 23.5 Å². The summed E-state index contributed by atoms with van der Waals surface area (Å²) < 4.78 is 0. The smallest absolute Gasteiger partial charge is 0.0724 e. The van der Waals surface area contributed by atoms with Crippen LogP contribution in [0.5, 0.6) is 0 Å². The maximum atomic E-state index is 4.78. The molecular formula is C20H24N2. The standard InChI is InChI=1S/C20H24N2/c1-15(21-17(3)19-11-7-5-8-12-19)16(2)22-18(4)20-13-9-6-10-14-20/h5-14,17-18H,1-4H3/t17-,18-/m0/s1. The predicted octanol–water partition coefficient (Wildman–Crippen LogP) is 5.43. The van der Waals surface area contributed by atoms with Gasteiger partial charge in [0.25, 0.3) is 0 Å². The van der Waals surface area contributed by atoms with Gasteiger partial charge in [-0.2, -0.15) is 0 Å². The Balaban J connectivity index is 2.12. The first-order valence-corrected chi connectivity index (χ1v) is 7.77. The van der Waals surface area contributed by atoms with Gasteiger partial charge in [-0.25, -0.2) is 0 Å². The second kappa shape index (κ2) is 7.69. The van der Waals surface area contributed by atoms with Crippen LogP contribution in [-0.2, 0) is 0 Å². The van der Waals surface area contributed by atoms with Gasteiger partial charge in [-0.05, 0) is 38.8 Å². The van der Waals surface area contributed by atoms with Crippen molar-refractivity contribution in [3.05, 3.63) is 71.8 Å². The molecule has 0 aliphatic rings. The van der Waals surface area contributed by atoms with E-state index >= 15 is 0 Å². The molecular weight excluding hydrogens is 268 g/mol. The first-order valence-electron chi connectivity index (χ1n) is 7.77. The molecule has 2 aromatic rings. The third kappa shape index (κ3) is 4.39. The van der Waals surface area contributed by atoms with Gasteiger partial charge in [0, 0.05) is 0 Å². The molecule has 0 unspecified atom stereocenters. The molecule has 0 N–H and O–H groups in total. The minimum absolute atomic E-state index is 0.151. The summed E-state index contributed by atoms with van der Waals surface area (Å²) in [5.74, 6) is 0. The highest BCUT2D eigenvalue weighted by Gasteiger charge is 2.07. The first kappa shape index (κ1) is 16.2. The molecule has 0 aliphatic heterocycles. The summed E-state index contributed by atoms with van der Waals surface area (Å²) in [4.78, 5) is 9.56. The topological polar surface area (TPSA) is 24.7 Å². The third-order valence-corrected chi connectivity index (χ3v) is 3.86. The Kier molecular flexibility index (Phi) is 5.65. The van der Waals surface area contributed by atoms with E-state index in [1.807, 2.05) is 26.0 Å². The maximum absolute atomic E-state index is 4.78. The van der Waals surface area contributed by atoms with Crippen molar-refractivity contribution in [1.29, 1.82) is 0 Å². The average molecular weight is 292 g/mol. The van der Waals surface area contributed by atoms with Crippen molar-refractivity contribution >= 4 is 11.4 Å². The van der Waals surface area contributed by atoms with Crippen LogP contribution in [0.15, 0.2) is 70.6 Å². The van der Waals surface area contributed by atoms with Crippen LogP contribution in [0.25, 0.3) is 0 Å². The Morgan fingerprint density at radius 1 is 0.636 bits per heavy atom. The van der Waals surface area contributed by atoms with Gasteiger partial charge in [-0.1, -0.05) is 60.7 Å². The highest BCUT2D eigenvalue weighted by Crippen LogP contribution is 2.18. The zero-order valence-corrected chi connectivity index (χ0v) is 13.8. The van der Waals surface area contributed by atoms with Crippen molar-refractivity contribution in [2.24, 2.45) is 9.98 Å². The van der Waals surface area contributed by atoms with Crippen molar-refractivity contribution in [3.8, 4) is 0 Å². The van der Waals surface area contributed by atoms with Crippen LogP contribution in [0.1, 0.15) is 50.9 Å². The molecule has 2 rings (SSSR count). The van der Waals surface area contributed by atoms with Crippen LogP contribution in [-0.4, -0.2) is 11.4 Å². The molecule has 2 nitrogen and oxygen atoms in total. The van der Waals surface area contributed by atoms with Crippen molar-refractivity contribution in [1.82, 2.24) is 0 Å². The molecule has 0 aliphatic carbocycles. The van der Waals surface area contributed by atoms with Crippen LogP contribution in [0.3, 0.4) is 0 Å². The molecule has 0 saturated carbocycles. The Bertz CT molecular complexity index is 582. The summed E-state index contributed by atoms with van der Waals surface area (Å²) >= 11 is 0. The van der Waals surface area contributed by atoms with E-state index in [-0.39, 0.29) is 12.1 Å². The van der Waals surface area contributed by atoms with Crippen molar-refractivity contribution < 1.29 is 0 Å². The molecule has 22 heavy (non-hydrogen) atoms. The lowest BCUT2D eigenvalue weighted by Crippen LogP contribution is -2.09. The number of benzene rings is 2. The van der Waals surface area contributed by atoms with Gasteiger partial charge in [-0.15, -0.1) is 0 Å². The first-order chi connectivity index (χ1) is 10.6. The summed E-state index contributed by atoms with van der Waals surface area (Å²) in [5, 5.41) is 0. The summed E-state index contributed by atoms with van der Waals surface area (Å²) in [6, 6.07) is 21.0. The number of hydrogen-bond acceptors (Lipinski definition) is 2. The van der Waals surface area contributed by atoms with E-state index in [9.17, 15) is 0 Å². The minimum Gasteiger partial charge on any atom is -0.280 e. The van der Waals surface area contributed by atoms with Crippen molar-refractivity contribution in [2.45, 2.75) is 39.8 Å². The van der Waals surface area contributed by atoms with E-state index < -0.39 is 0 Å². The molecule has 0 saturated heterocycles. The molecule has 0 radical (unpaired) electrons. The van der Waals surface area contributed by atoms with Crippen molar-refractivity contribution in [3.63, 3.8) is 0 Å². The van der Waals surface area contributed by atoms with Gasteiger partial charge < -0.3 is 0 Å². The lowest BCUT2D eigenvalue weighted by atomic mass is 10.1. The second-order valence-corrected chi connectivity index (χ2v) is 5.60. The molecule has 0 fully saturated rings. The van der Waals surface area contributed by atoms with Crippen LogP contribution in [0.2, 0.25) is 0 Å². The molecule has 0 heterocycles. The molecule has 0 amide bonds. The predicted molar refractivity (Wildman–Crippen MR) is 95.9 cm³/mol. The van der Waals surface area contributed by atoms with Gasteiger partial charge in [0.2, 0.25) is 0 Å². The molecule has 114 valence electrons. The fourth-order valence-electron chi connectivity index (χ4n) is 2.38. The minimum atomic E-state index is 0.151. The molecule has 2 heteroatoms. The van der Waals surface area contributed by atoms with E-state index in [1.54, 1.807) is 0 Å². The Morgan fingerprint density at radius 2 is 0.955 bits per heavy atom. The Hall–Kier alpha value is -2.22. The third-order valence-electron chi connectivity index (χ3n) is 3.86. The fourth-order valence-corrected chi connectivity index (χ4v) is 2.38. The normalized spacial score (nSPS) is 15.5. The molecule has 2 aromatic carbocycles. The highest BCUT2D eigenvalue weighted by molar-refractivity contribution is 6.40. The summed E-state index contributed by atoms with van der Waals surface area (Å²) in [6.07, 6.45) is 0. The number of nitrogens with zero attached hydrogens (tertiary/aromatic N) is 2. The van der Waals surface area contributed by atoms with Crippen LogP contribution >= 0.6 is 0 Å². The van der Waals surface area contributed by atoms with Gasteiger partial charge in [0.1, 0.15) is 0 Å². The SMILES string of the molecule is CC(=N[C@@H](C)c1ccccc1)C(C)=N[C@@H](C)c1ccccc1. The lowest BCUT2D eigenvalue weighted by Gasteiger charge is -2.11. The van der Waals surface area contributed by atoms with E-state index in [2.05, 4.69) is 62.4 Å². The summed E-state index contributed by atoms with van der Waals surface area (Å²) in [6.45, 7) is 8.31. The van der Waals surface area contributed by atoms with E-state index in [0.29, 0.717) is 0 Å².